The van der Waals surface area contributed by atoms with Crippen LogP contribution >= 0.6 is 22.9 Å². The number of sulfone groups is 1. The van der Waals surface area contributed by atoms with Gasteiger partial charge in [0.2, 0.25) is 11.7 Å². The molecule has 166 valence electrons. The number of rotatable bonds is 6. The molecule has 4 saturated carbocycles. The Kier molecular flexibility index (Phi) is 4.09. The van der Waals surface area contributed by atoms with Gasteiger partial charge in [0.15, 0.2) is 9.84 Å². The highest BCUT2D eigenvalue weighted by molar-refractivity contribution is 7.91. The third kappa shape index (κ3) is 2.90. The monoisotopic (exact) mass is 489 g/mol. The number of amides is 1. The lowest BCUT2D eigenvalue weighted by molar-refractivity contribution is -0.0812. The molecule has 0 atom stereocenters. The van der Waals surface area contributed by atoms with Gasteiger partial charge in [0.05, 0.1) is 16.1 Å². The number of nitrogens with zero attached hydrogens (tertiary/aromatic N) is 2. The number of nitrogens with one attached hydrogen (secondary N) is 1. The normalized spacial score (nSPS) is 27.3. The number of oxazole rings is 1. The van der Waals surface area contributed by atoms with Gasteiger partial charge in [-0.05, 0) is 49.8 Å². The molecule has 0 spiro atoms. The van der Waals surface area contributed by atoms with Crippen molar-refractivity contribution in [1.29, 1.82) is 0 Å². The topological polar surface area (TPSA) is 102 Å². The molecule has 0 aliphatic heterocycles. The van der Waals surface area contributed by atoms with E-state index in [0.29, 0.717) is 17.9 Å². The van der Waals surface area contributed by atoms with Crippen LogP contribution in [0.25, 0.3) is 10.4 Å². The Balaban J connectivity index is 1.12. The molecule has 0 saturated heterocycles. The fraction of sp³-hybridized carbons (Fsp3) is 0.409. The van der Waals surface area contributed by atoms with Crippen LogP contribution in [0, 0.1) is 0 Å². The van der Waals surface area contributed by atoms with E-state index in [1.54, 1.807) is 11.3 Å². The Morgan fingerprint density at radius 1 is 1.12 bits per heavy atom. The van der Waals surface area contributed by atoms with Gasteiger partial charge in [0, 0.05) is 28.4 Å². The first-order valence-corrected chi connectivity index (χ1v) is 13.4. The first-order chi connectivity index (χ1) is 15.1. The minimum Gasteiger partial charge on any atom is -0.434 e. The van der Waals surface area contributed by atoms with Crippen LogP contribution < -0.4 is 5.32 Å². The molecular weight excluding hydrogens is 470 g/mol. The summed E-state index contributed by atoms with van der Waals surface area (Å²) in [5.74, 6) is -0.160. The molecule has 10 heteroatoms. The van der Waals surface area contributed by atoms with Gasteiger partial charge in [-0.1, -0.05) is 23.7 Å². The molecule has 3 aromatic rings. The molecule has 2 heterocycles. The van der Waals surface area contributed by atoms with E-state index in [1.807, 2.05) is 30.5 Å². The zero-order valence-corrected chi connectivity index (χ0v) is 19.6. The first kappa shape index (κ1) is 20.4. The molecule has 1 amide bonds. The third-order valence-corrected chi connectivity index (χ3v) is 10.6. The van der Waals surface area contributed by atoms with Gasteiger partial charge in [0.1, 0.15) is 4.75 Å². The van der Waals surface area contributed by atoms with E-state index in [-0.39, 0.29) is 28.5 Å². The van der Waals surface area contributed by atoms with Crippen molar-refractivity contribution in [2.24, 2.45) is 0 Å². The zero-order chi connectivity index (χ0) is 22.4. The Bertz CT molecular complexity index is 1340. The summed E-state index contributed by atoms with van der Waals surface area (Å²) in [6.07, 6.45) is 7.89. The van der Waals surface area contributed by atoms with Gasteiger partial charge >= 0.3 is 0 Å². The standard InChI is InChI=1S/C22H20ClN3O4S2/c1-32(28,29)22(6-7-22)18-24-8-15(30-18)17(27)26-21-10-20(11-21,12-21)19-25-9-16(31-19)13-2-4-14(23)5-3-13/h2-5,8-9H,6-7,10-12H2,1H3,(H,26,27). The molecule has 0 radical (unpaired) electrons. The summed E-state index contributed by atoms with van der Waals surface area (Å²) in [7, 11) is -3.34. The Labute approximate surface area is 194 Å². The van der Waals surface area contributed by atoms with Crippen molar-refractivity contribution in [2.75, 3.05) is 6.26 Å². The summed E-state index contributed by atoms with van der Waals surface area (Å²) in [5.41, 5.74) is 0.879. The molecule has 7 nitrogen and oxygen atoms in total. The van der Waals surface area contributed by atoms with Crippen LogP contribution in [-0.4, -0.2) is 36.1 Å². The number of halogens is 1. The van der Waals surface area contributed by atoms with Gasteiger partial charge in [-0.2, -0.15) is 0 Å². The quantitative estimate of drug-likeness (QED) is 0.559. The number of benzene rings is 1. The highest BCUT2D eigenvalue weighted by Crippen LogP contribution is 2.68. The summed E-state index contributed by atoms with van der Waals surface area (Å²) in [5, 5.41) is 4.89. The van der Waals surface area contributed by atoms with E-state index >= 15 is 0 Å². The molecule has 7 rings (SSSR count). The smallest absolute Gasteiger partial charge is 0.289 e. The van der Waals surface area contributed by atoms with Gasteiger partial charge in [-0.25, -0.2) is 18.4 Å². The van der Waals surface area contributed by atoms with Crippen molar-refractivity contribution in [3.8, 4) is 10.4 Å². The number of aromatic nitrogens is 2. The molecule has 4 fully saturated rings. The van der Waals surface area contributed by atoms with Crippen molar-refractivity contribution in [3.63, 3.8) is 0 Å². The van der Waals surface area contributed by atoms with Crippen molar-refractivity contribution in [2.45, 2.75) is 47.8 Å². The molecule has 32 heavy (non-hydrogen) atoms. The summed E-state index contributed by atoms with van der Waals surface area (Å²) in [6.45, 7) is 0. The highest BCUT2D eigenvalue weighted by Gasteiger charge is 2.70. The van der Waals surface area contributed by atoms with E-state index in [9.17, 15) is 13.2 Å². The second-order valence-corrected chi connectivity index (χ2v) is 13.2. The van der Waals surface area contributed by atoms with Crippen LogP contribution in [0.15, 0.2) is 41.1 Å². The molecule has 2 aromatic heterocycles. The van der Waals surface area contributed by atoms with Crippen LogP contribution in [0.5, 0.6) is 0 Å². The molecule has 4 aliphatic rings. The maximum atomic E-state index is 12.7. The number of thiazole rings is 1. The fourth-order valence-electron chi connectivity index (χ4n) is 5.16. The number of carbonyl (C=O) groups is 1. The Hall–Kier alpha value is -2.23. The van der Waals surface area contributed by atoms with Crippen LogP contribution in [-0.2, 0) is 20.0 Å². The van der Waals surface area contributed by atoms with E-state index in [0.717, 1.165) is 34.7 Å². The summed E-state index contributed by atoms with van der Waals surface area (Å²) in [4.78, 5) is 22.6. The molecular formula is C22H20ClN3O4S2. The lowest BCUT2D eigenvalue weighted by Crippen LogP contribution is -2.76. The fourth-order valence-corrected chi connectivity index (χ4v) is 7.65. The maximum Gasteiger partial charge on any atom is 0.289 e. The maximum absolute atomic E-state index is 12.7. The largest absolute Gasteiger partial charge is 0.434 e. The van der Waals surface area contributed by atoms with E-state index in [1.165, 1.54) is 12.5 Å². The first-order valence-electron chi connectivity index (χ1n) is 10.3. The van der Waals surface area contributed by atoms with E-state index < -0.39 is 14.6 Å². The van der Waals surface area contributed by atoms with Gasteiger partial charge in [-0.15, -0.1) is 11.3 Å². The average Bonchev–Trinajstić information content (AvgIpc) is 3.14. The second-order valence-electron chi connectivity index (χ2n) is 9.38. The van der Waals surface area contributed by atoms with Crippen LogP contribution in [0.1, 0.15) is 53.6 Å². The minimum atomic E-state index is -3.34. The van der Waals surface area contributed by atoms with Gasteiger partial charge in [-0.3, -0.25) is 4.79 Å². The average molecular weight is 490 g/mol. The molecule has 2 bridgehead atoms. The molecule has 0 unspecified atom stereocenters. The van der Waals surface area contributed by atoms with Crippen molar-refractivity contribution in [1.82, 2.24) is 15.3 Å². The SMILES string of the molecule is CS(=O)(=O)C1(c2ncc(C(=O)NC34CC(c5ncc(-c6ccc(Cl)cc6)s5)(C3)C4)o2)CC1. The number of hydrogen-bond donors (Lipinski definition) is 1. The third-order valence-electron chi connectivity index (χ3n) is 7.03. The van der Waals surface area contributed by atoms with Crippen LogP contribution in [0.2, 0.25) is 5.02 Å². The molecule has 1 aromatic carbocycles. The van der Waals surface area contributed by atoms with Gasteiger partial charge in [0.25, 0.3) is 5.91 Å². The number of carbonyl (C=O) groups excluding carboxylic acids is 1. The summed E-state index contributed by atoms with van der Waals surface area (Å²) < 4.78 is 28.6. The lowest BCUT2D eigenvalue weighted by Gasteiger charge is -2.69. The van der Waals surface area contributed by atoms with E-state index in [2.05, 4.69) is 15.3 Å². The highest BCUT2D eigenvalue weighted by atomic mass is 35.5. The molecule has 1 N–H and O–H groups in total. The minimum absolute atomic E-state index is 0.0313. The van der Waals surface area contributed by atoms with Crippen molar-refractivity contribution in [3.05, 3.63) is 58.3 Å². The van der Waals surface area contributed by atoms with Crippen molar-refractivity contribution >= 4 is 38.7 Å². The lowest BCUT2D eigenvalue weighted by atomic mass is 9.39. The summed E-state index contributed by atoms with van der Waals surface area (Å²) >= 11 is 7.67. The zero-order valence-electron chi connectivity index (χ0n) is 17.2. The predicted octanol–water partition coefficient (Wildman–Crippen LogP) is 4.09. The van der Waals surface area contributed by atoms with E-state index in [4.69, 9.17) is 16.0 Å². The second kappa shape index (κ2) is 6.42. The van der Waals surface area contributed by atoms with Crippen LogP contribution in [0.4, 0.5) is 0 Å². The van der Waals surface area contributed by atoms with Crippen LogP contribution in [0.3, 0.4) is 0 Å². The summed E-state index contributed by atoms with van der Waals surface area (Å²) in [6, 6.07) is 7.73. The number of hydrogen-bond acceptors (Lipinski definition) is 7. The Morgan fingerprint density at radius 2 is 1.81 bits per heavy atom. The molecule has 4 aliphatic carbocycles. The predicted molar refractivity (Wildman–Crippen MR) is 121 cm³/mol. The van der Waals surface area contributed by atoms with Crippen molar-refractivity contribution < 1.29 is 17.6 Å². The Morgan fingerprint density at radius 3 is 2.44 bits per heavy atom. The van der Waals surface area contributed by atoms with Gasteiger partial charge < -0.3 is 9.73 Å².